The van der Waals surface area contributed by atoms with Crippen molar-refractivity contribution in [3.05, 3.63) is 71.1 Å². The first kappa shape index (κ1) is 27.0. The molecule has 3 aromatic rings. The second-order valence-corrected chi connectivity index (χ2v) is 10.2. The van der Waals surface area contributed by atoms with Crippen LogP contribution in [0.2, 0.25) is 0 Å². The molecule has 2 aliphatic rings. The Morgan fingerprint density at radius 1 is 1.10 bits per heavy atom. The number of nitrogens with zero attached hydrogens (tertiary/aromatic N) is 6. The molecular weight excluding hydrogens is 509 g/mol. The highest BCUT2D eigenvalue weighted by atomic mass is 19.4. The Kier molecular flexibility index (Phi) is 7.51. The largest absolute Gasteiger partial charge is 0.433 e. The lowest BCUT2D eigenvalue weighted by molar-refractivity contribution is -0.141. The van der Waals surface area contributed by atoms with E-state index in [1.165, 1.54) is 16.9 Å². The van der Waals surface area contributed by atoms with E-state index in [2.05, 4.69) is 26.0 Å². The molecule has 0 amide bonds. The van der Waals surface area contributed by atoms with Crippen LogP contribution < -0.4 is 0 Å². The minimum atomic E-state index is -4.53. The molecule has 0 aromatic carbocycles. The average molecular weight is 539 g/mol. The third-order valence-corrected chi connectivity index (χ3v) is 7.86. The number of ether oxygens (including phenoxy) is 1. The number of halogens is 3. The number of aromatic nitrogens is 4. The van der Waals surface area contributed by atoms with Gasteiger partial charge < -0.3 is 4.74 Å². The van der Waals surface area contributed by atoms with Crippen LogP contribution in [0.15, 0.2) is 42.9 Å². The van der Waals surface area contributed by atoms with E-state index in [0.29, 0.717) is 28.6 Å². The minimum absolute atomic E-state index is 0.0870. The molecule has 2 fully saturated rings. The van der Waals surface area contributed by atoms with E-state index in [1.54, 1.807) is 13.1 Å². The van der Waals surface area contributed by atoms with Gasteiger partial charge in [0.05, 0.1) is 59.7 Å². The van der Waals surface area contributed by atoms with Crippen molar-refractivity contribution in [2.75, 3.05) is 26.3 Å². The van der Waals surface area contributed by atoms with E-state index < -0.39 is 17.3 Å². The van der Waals surface area contributed by atoms with Gasteiger partial charge in [-0.1, -0.05) is 6.07 Å². The first-order chi connectivity index (χ1) is 18.7. The molecule has 0 atom stereocenters. The van der Waals surface area contributed by atoms with Gasteiger partial charge in [0.1, 0.15) is 5.69 Å². The summed E-state index contributed by atoms with van der Waals surface area (Å²) in [5, 5.41) is 14.3. The zero-order chi connectivity index (χ0) is 27.6. The molecule has 0 N–H and O–H groups in total. The van der Waals surface area contributed by atoms with Crippen LogP contribution in [-0.4, -0.2) is 62.8 Å². The number of morpholine rings is 1. The topological polar surface area (TPSA) is 96.9 Å². The molecule has 1 saturated heterocycles. The molecule has 1 saturated carbocycles. The van der Waals surface area contributed by atoms with Gasteiger partial charge in [-0.05, 0) is 56.4 Å². The van der Waals surface area contributed by atoms with Gasteiger partial charge in [0, 0.05) is 31.7 Å². The van der Waals surface area contributed by atoms with Crippen molar-refractivity contribution in [1.29, 1.82) is 5.26 Å². The first-order valence-electron chi connectivity index (χ1n) is 13.0. The highest BCUT2D eigenvalue weighted by molar-refractivity contribution is 5.98. The van der Waals surface area contributed by atoms with Crippen molar-refractivity contribution in [2.45, 2.75) is 56.7 Å². The Balaban J connectivity index is 1.24. The monoisotopic (exact) mass is 538 g/mol. The van der Waals surface area contributed by atoms with Gasteiger partial charge in [0.15, 0.2) is 5.78 Å². The summed E-state index contributed by atoms with van der Waals surface area (Å²) in [4.78, 5) is 23.6. The van der Waals surface area contributed by atoms with Gasteiger partial charge in [0.2, 0.25) is 0 Å². The quantitative estimate of drug-likeness (QED) is 0.428. The third kappa shape index (κ3) is 5.58. The lowest BCUT2D eigenvalue weighted by atomic mass is 9.71. The predicted octanol–water partition coefficient (Wildman–Crippen LogP) is 4.45. The van der Waals surface area contributed by atoms with Crippen LogP contribution in [0, 0.1) is 18.3 Å². The second kappa shape index (κ2) is 10.9. The molecule has 204 valence electrons. The molecule has 1 aliphatic heterocycles. The highest BCUT2D eigenvalue weighted by Crippen LogP contribution is 2.39. The Morgan fingerprint density at radius 3 is 2.44 bits per heavy atom. The Labute approximate surface area is 224 Å². The number of hydrogen-bond acceptors (Lipinski definition) is 7. The zero-order valence-corrected chi connectivity index (χ0v) is 21.6. The lowest BCUT2D eigenvalue weighted by Crippen LogP contribution is -2.47. The van der Waals surface area contributed by atoms with Crippen molar-refractivity contribution in [3.63, 3.8) is 0 Å². The van der Waals surface area contributed by atoms with Crippen LogP contribution in [-0.2, 0) is 22.7 Å². The fraction of sp³-hybridized carbons (Fsp3) is 0.464. The number of rotatable bonds is 6. The smallest absolute Gasteiger partial charge is 0.379 e. The van der Waals surface area contributed by atoms with Crippen molar-refractivity contribution < 1.29 is 22.7 Å². The number of hydrogen-bond donors (Lipinski definition) is 0. The summed E-state index contributed by atoms with van der Waals surface area (Å²) >= 11 is 0. The lowest BCUT2D eigenvalue weighted by Gasteiger charge is -2.41. The first-order valence-corrected chi connectivity index (χ1v) is 13.0. The Hall–Kier alpha value is -3.62. The maximum Gasteiger partial charge on any atom is 0.433 e. The predicted molar refractivity (Wildman–Crippen MR) is 135 cm³/mol. The van der Waals surface area contributed by atoms with E-state index in [9.17, 15) is 23.2 Å². The average Bonchev–Trinajstić information content (AvgIpc) is 3.35. The van der Waals surface area contributed by atoms with Gasteiger partial charge in [-0.15, -0.1) is 0 Å². The van der Waals surface area contributed by atoms with Crippen molar-refractivity contribution in [1.82, 2.24) is 24.6 Å². The molecular formula is C28H29F3N6O2. The molecule has 0 unspecified atom stereocenters. The summed E-state index contributed by atoms with van der Waals surface area (Å²) < 4.78 is 45.3. The van der Waals surface area contributed by atoms with E-state index in [4.69, 9.17) is 4.74 Å². The fourth-order valence-corrected chi connectivity index (χ4v) is 5.54. The van der Waals surface area contributed by atoms with E-state index >= 15 is 0 Å². The molecule has 39 heavy (non-hydrogen) atoms. The zero-order valence-electron chi connectivity index (χ0n) is 21.6. The molecule has 0 bridgehead atoms. The second-order valence-electron chi connectivity index (χ2n) is 10.2. The summed E-state index contributed by atoms with van der Waals surface area (Å²) in [6.45, 7) is 5.07. The van der Waals surface area contributed by atoms with Crippen molar-refractivity contribution in [3.8, 4) is 11.8 Å². The van der Waals surface area contributed by atoms with Gasteiger partial charge in [-0.2, -0.15) is 23.5 Å². The fourth-order valence-electron chi connectivity index (χ4n) is 5.54. The standard InChI is InChI=1S/C28H29F3N6O2/c1-19-23(17-35-37(19)22-3-5-26(34-16-22)28(29,30)31)24(38)14-20-2-4-25(33-15-20)27(18-32)8-6-21(7-9-27)36-10-12-39-13-11-36/h2-5,15-17,21H,6-14H2,1H3. The number of pyridine rings is 2. The molecule has 3 aromatic heterocycles. The summed E-state index contributed by atoms with van der Waals surface area (Å²) in [6, 6.07) is 8.84. The van der Waals surface area contributed by atoms with Crippen LogP contribution in [0.3, 0.4) is 0 Å². The number of carbonyl (C=O) groups is 1. The van der Waals surface area contributed by atoms with Gasteiger partial charge in [-0.25, -0.2) is 9.67 Å². The van der Waals surface area contributed by atoms with Crippen LogP contribution in [0.25, 0.3) is 5.69 Å². The number of carbonyl (C=O) groups excluding carboxylic acids is 1. The van der Waals surface area contributed by atoms with Crippen molar-refractivity contribution >= 4 is 5.78 Å². The van der Waals surface area contributed by atoms with Crippen LogP contribution >= 0.6 is 0 Å². The van der Waals surface area contributed by atoms with Gasteiger partial charge in [0.25, 0.3) is 0 Å². The number of ketones is 1. The van der Waals surface area contributed by atoms with Crippen molar-refractivity contribution in [2.24, 2.45) is 0 Å². The van der Waals surface area contributed by atoms with Crippen LogP contribution in [0.1, 0.15) is 58.7 Å². The van der Waals surface area contributed by atoms with E-state index in [1.807, 2.05) is 12.1 Å². The van der Waals surface area contributed by atoms with Crippen LogP contribution in [0.5, 0.6) is 0 Å². The maximum atomic E-state index is 13.0. The molecule has 0 radical (unpaired) electrons. The molecule has 1 aliphatic carbocycles. The Morgan fingerprint density at radius 2 is 1.85 bits per heavy atom. The molecule has 8 nitrogen and oxygen atoms in total. The number of nitriles is 1. The summed E-state index contributed by atoms with van der Waals surface area (Å²) in [6.07, 6.45) is 3.07. The molecule has 4 heterocycles. The molecule has 0 spiro atoms. The normalized spacial score (nSPS) is 22.4. The maximum absolute atomic E-state index is 13.0. The van der Waals surface area contributed by atoms with Gasteiger partial charge in [-0.3, -0.25) is 14.7 Å². The van der Waals surface area contributed by atoms with Gasteiger partial charge >= 0.3 is 6.18 Å². The summed E-state index contributed by atoms with van der Waals surface area (Å²) in [5.74, 6) is -0.186. The highest BCUT2D eigenvalue weighted by Gasteiger charge is 2.40. The van der Waals surface area contributed by atoms with E-state index in [0.717, 1.165) is 69.9 Å². The number of Topliss-reactive ketones (excluding diaryl/α,β-unsaturated/α-hetero) is 1. The molecule has 5 rings (SSSR count). The molecule has 11 heteroatoms. The summed E-state index contributed by atoms with van der Waals surface area (Å²) in [5.41, 5.74) is 1.03. The van der Waals surface area contributed by atoms with Crippen LogP contribution in [0.4, 0.5) is 13.2 Å². The summed E-state index contributed by atoms with van der Waals surface area (Å²) in [7, 11) is 0. The van der Waals surface area contributed by atoms with E-state index in [-0.39, 0.29) is 12.2 Å². The Bertz CT molecular complexity index is 1350. The number of alkyl halides is 3. The minimum Gasteiger partial charge on any atom is -0.379 e. The SMILES string of the molecule is Cc1c(C(=O)Cc2ccc(C3(C#N)CCC(N4CCOCC4)CC3)nc2)cnn1-c1ccc(C(F)(F)F)nc1. The third-order valence-electron chi connectivity index (χ3n) is 7.86.